The lowest BCUT2D eigenvalue weighted by atomic mass is 10.1. The molecule has 0 bridgehead atoms. The van der Waals surface area contributed by atoms with Crippen molar-refractivity contribution in [3.8, 4) is 0 Å². The minimum Gasteiger partial charge on any atom is -0.333 e. The summed E-state index contributed by atoms with van der Waals surface area (Å²) in [5.74, 6) is 0. The first-order chi connectivity index (χ1) is 9.01. The van der Waals surface area contributed by atoms with Crippen molar-refractivity contribution in [3.63, 3.8) is 0 Å². The average Bonchev–Trinajstić information content (AvgIpc) is 2.90. The molecule has 0 fully saturated rings. The van der Waals surface area contributed by atoms with Crippen LogP contribution in [0.25, 0.3) is 0 Å². The van der Waals surface area contributed by atoms with E-state index in [1.165, 1.54) is 0 Å². The molecular formula is C13H20ClN5. The van der Waals surface area contributed by atoms with Crippen molar-refractivity contribution in [2.24, 2.45) is 12.8 Å². The molecule has 2 aromatic rings. The molecular weight excluding hydrogens is 262 g/mol. The Labute approximate surface area is 118 Å². The molecule has 2 aromatic heterocycles. The lowest BCUT2D eigenvalue weighted by Crippen LogP contribution is -2.21. The van der Waals surface area contributed by atoms with Gasteiger partial charge in [0.2, 0.25) is 0 Å². The van der Waals surface area contributed by atoms with Crippen molar-refractivity contribution in [3.05, 3.63) is 34.6 Å². The summed E-state index contributed by atoms with van der Waals surface area (Å²) in [4.78, 5) is 4.38. The lowest BCUT2D eigenvalue weighted by Gasteiger charge is -2.05. The molecule has 0 aliphatic heterocycles. The van der Waals surface area contributed by atoms with Gasteiger partial charge in [0.05, 0.1) is 24.3 Å². The number of rotatable bonds is 5. The molecule has 2 heterocycles. The number of imidazole rings is 1. The first-order valence-corrected chi connectivity index (χ1v) is 6.83. The zero-order valence-corrected chi connectivity index (χ0v) is 12.4. The van der Waals surface area contributed by atoms with Crippen LogP contribution in [0.2, 0.25) is 5.15 Å². The normalized spacial score (nSPS) is 12.9. The summed E-state index contributed by atoms with van der Waals surface area (Å²) in [5, 5.41) is 4.98. The van der Waals surface area contributed by atoms with E-state index in [0.717, 1.165) is 29.8 Å². The minimum absolute atomic E-state index is 0.173. The van der Waals surface area contributed by atoms with Gasteiger partial charge in [-0.3, -0.25) is 4.68 Å². The molecule has 0 saturated carbocycles. The fourth-order valence-corrected chi connectivity index (χ4v) is 2.28. The van der Waals surface area contributed by atoms with Crippen LogP contribution >= 0.6 is 11.6 Å². The maximum atomic E-state index is 6.22. The number of hydrogen-bond acceptors (Lipinski definition) is 3. The fourth-order valence-electron chi connectivity index (χ4n) is 2.05. The molecule has 0 aliphatic rings. The molecule has 104 valence electrons. The van der Waals surface area contributed by atoms with E-state index < -0.39 is 0 Å². The van der Waals surface area contributed by atoms with Gasteiger partial charge in [-0.1, -0.05) is 18.5 Å². The van der Waals surface area contributed by atoms with Gasteiger partial charge >= 0.3 is 0 Å². The van der Waals surface area contributed by atoms with Gasteiger partial charge < -0.3 is 10.3 Å². The van der Waals surface area contributed by atoms with E-state index in [-0.39, 0.29) is 6.04 Å². The van der Waals surface area contributed by atoms with Crippen LogP contribution in [0.5, 0.6) is 0 Å². The Balaban J connectivity index is 2.11. The highest BCUT2D eigenvalue weighted by atomic mass is 35.5. The molecule has 19 heavy (non-hydrogen) atoms. The molecule has 1 atom stereocenters. The number of nitrogens with two attached hydrogens (primary N) is 1. The first-order valence-electron chi connectivity index (χ1n) is 6.45. The summed E-state index contributed by atoms with van der Waals surface area (Å²) < 4.78 is 3.71. The van der Waals surface area contributed by atoms with Crippen molar-refractivity contribution >= 4 is 11.6 Å². The van der Waals surface area contributed by atoms with E-state index in [4.69, 9.17) is 17.3 Å². The van der Waals surface area contributed by atoms with E-state index in [1.807, 2.05) is 31.1 Å². The molecule has 2 rings (SSSR count). The fraction of sp³-hybridized carbons (Fsp3) is 0.538. The number of aromatic nitrogens is 4. The highest BCUT2D eigenvalue weighted by Gasteiger charge is 2.12. The van der Waals surface area contributed by atoms with E-state index in [1.54, 1.807) is 4.68 Å². The van der Waals surface area contributed by atoms with Gasteiger partial charge in [0.1, 0.15) is 5.15 Å². The SMILES string of the molecule is CCC(N)Cc1cn(Cc2c(C)nn(C)c2Cl)cn1. The van der Waals surface area contributed by atoms with Gasteiger partial charge in [0, 0.05) is 31.3 Å². The van der Waals surface area contributed by atoms with Gasteiger partial charge in [0.15, 0.2) is 0 Å². The number of halogens is 1. The van der Waals surface area contributed by atoms with Crippen molar-refractivity contribution in [2.75, 3.05) is 0 Å². The topological polar surface area (TPSA) is 61.7 Å². The van der Waals surface area contributed by atoms with Crippen LogP contribution in [0.15, 0.2) is 12.5 Å². The smallest absolute Gasteiger partial charge is 0.131 e. The summed E-state index contributed by atoms with van der Waals surface area (Å²) in [6.45, 7) is 4.74. The Morgan fingerprint density at radius 3 is 2.79 bits per heavy atom. The Bertz CT molecular complexity index is 557. The van der Waals surface area contributed by atoms with Crippen LogP contribution in [0.1, 0.15) is 30.3 Å². The second-order valence-electron chi connectivity index (χ2n) is 4.89. The van der Waals surface area contributed by atoms with Crippen LogP contribution in [0.4, 0.5) is 0 Å². The monoisotopic (exact) mass is 281 g/mol. The number of aryl methyl sites for hydroxylation is 2. The Kier molecular flexibility index (Phi) is 4.27. The van der Waals surface area contributed by atoms with Crippen LogP contribution < -0.4 is 5.73 Å². The molecule has 5 nitrogen and oxygen atoms in total. The standard InChI is InChI=1S/C13H20ClN5/c1-4-10(15)5-11-6-19(8-16-11)7-12-9(2)17-18(3)13(12)14/h6,8,10H,4-5,7,15H2,1-3H3. The number of hydrogen-bond donors (Lipinski definition) is 1. The first kappa shape index (κ1) is 14.1. The van der Waals surface area contributed by atoms with Crippen LogP contribution in [-0.4, -0.2) is 25.4 Å². The van der Waals surface area contributed by atoms with Crippen molar-refractivity contribution in [2.45, 2.75) is 39.3 Å². The predicted molar refractivity (Wildman–Crippen MR) is 76.3 cm³/mol. The molecule has 0 aromatic carbocycles. The molecule has 0 saturated heterocycles. The van der Waals surface area contributed by atoms with Gasteiger partial charge in [-0.2, -0.15) is 5.10 Å². The molecule has 0 amide bonds. The molecule has 6 heteroatoms. The molecule has 0 aliphatic carbocycles. The van der Waals surface area contributed by atoms with Crippen LogP contribution in [0.3, 0.4) is 0 Å². The second kappa shape index (κ2) is 5.75. The van der Waals surface area contributed by atoms with E-state index in [2.05, 4.69) is 17.0 Å². The van der Waals surface area contributed by atoms with Gasteiger partial charge in [-0.15, -0.1) is 0 Å². The molecule has 0 radical (unpaired) electrons. The zero-order valence-electron chi connectivity index (χ0n) is 11.6. The summed E-state index contributed by atoms with van der Waals surface area (Å²) in [6.07, 6.45) is 5.61. The Morgan fingerprint density at radius 2 is 2.21 bits per heavy atom. The molecule has 1 unspecified atom stereocenters. The van der Waals surface area contributed by atoms with Gasteiger partial charge in [0.25, 0.3) is 0 Å². The number of nitrogens with zero attached hydrogens (tertiary/aromatic N) is 4. The van der Waals surface area contributed by atoms with Crippen molar-refractivity contribution in [1.29, 1.82) is 0 Å². The van der Waals surface area contributed by atoms with Crippen LogP contribution in [0, 0.1) is 6.92 Å². The van der Waals surface area contributed by atoms with E-state index >= 15 is 0 Å². The second-order valence-corrected chi connectivity index (χ2v) is 5.25. The summed E-state index contributed by atoms with van der Waals surface area (Å²) in [5.41, 5.74) is 8.94. The third kappa shape index (κ3) is 3.16. The highest BCUT2D eigenvalue weighted by Crippen LogP contribution is 2.19. The summed E-state index contributed by atoms with van der Waals surface area (Å²) >= 11 is 6.22. The maximum Gasteiger partial charge on any atom is 0.131 e. The Morgan fingerprint density at radius 1 is 1.47 bits per heavy atom. The minimum atomic E-state index is 0.173. The van der Waals surface area contributed by atoms with Gasteiger partial charge in [-0.25, -0.2) is 4.98 Å². The predicted octanol–water partition coefficient (Wildman–Crippen LogP) is 1.91. The lowest BCUT2D eigenvalue weighted by molar-refractivity contribution is 0.638. The summed E-state index contributed by atoms with van der Waals surface area (Å²) in [7, 11) is 1.85. The average molecular weight is 282 g/mol. The molecule has 0 spiro atoms. The van der Waals surface area contributed by atoms with E-state index in [9.17, 15) is 0 Å². The quantitative estimate of drug-likeness (QED) is 0.911. The van der Waals surface area contributed by atoms with Crippen molar-refractivity contribution in [1.82, 2.24) is 19.3 Å². The third-order valence-corrected chi connectivity index (χ3v) is 3.77. The third-order valence-electron chi connectivity index (χ3n) is 3.29. The largest absolute Gasteiger partial charge is 0.333 e. The highest BCUT2D eigenvalue weighted by molar-refractivity contribution is 6.30. The maximum absolute atomic E-state index is 6.22. The van der Waals surface area contributed by atoms with E-state index in [0.29, 0.717) is 11.7 Å². The van der Waals surface area contributed by atoms with Crippen molar-refractivity contribution < 1.29 is 0 Å². The van der Waals surface area contributed by atoms with Crippen LogP contribution in [-0.2, 0) is 20.0 Å². The van der Waals surface area contributed by atoms with Gasteiger partial charge in [-0.05, 0) is 13.3 Å². The Hall–Kier alpha value is -1.33. The zero-order chi connectivity index (χ0) is 14.0. The molecule has 2 N–H and O–H groups in total. The summed E-state index contributed by atoms with van der Waals surface area (Å²) in [6, 6.07) is 0.173.